The second kappa shape index (κ2) is 5.27. The lowest BCUT2D eigenvalue weighted by Gasteiger charge is -2.12. The van der Waals surface area contributed by atoms with Crippen molar-refractivity contribution in [3.8, 4) is 0 Å². The third-order valence-electron chi connectivity index (χ3n) is 1.02. The van der Waals surface area contributed by atoms with Gasteiger partial charge in [-0.25, -0.2) is 4.57 Å². The maximum absolute atomic E-state index is 10.8. The highest BCUT2D eigenvalue weighted by atomic mass is 31.2. The molecule has 0 spiro atoms. The molecule has 0 fully saturated rings. The van der Waals surface area contributed by atoms with E-state index in [1.807, 2.05) is 0 Å². The summed E-state index contributed by atoms with van der Waals surface area (Å²) in [5.41, 5.74) is 0. The highest BCUT2D eigenvalue weighted by Gasteiger charge is 2.16. The van der Waals surface area contributed by atoms with Crippen LogP contribution in [-0.4, -0.2) is 43.5 Å². The van der Waals surface area contributed by atoms with Crippen LogP contribution in [0.15, 0.2) is 0 Å². The molecule has 0 radical (unpaired) electrons. The first-order valence-corrected chi connectivity index (χ1v) is 4.89. The van der Waals surface area contributed by atoms with Gasteiger partial charge in [-0.2, -0.15) is 0 Å². The molecule has 12 heavy (non-hydrogen) atoms. The zero-order chi connectivity index (χ0) is 9.61. The molecule has 0 saturated carbocycles. The highest BCUT2D eigenvalue weighted by Crippen LogP contribution is 2.35. The smallest absolute Gasteiger partial charge is 0.308 e. The van der Waals surface area contributed by atoms with E-state index in [1.54, 1.807) is 24.1 Å². The SMILES string of the molecule is CN(C)CCOP(=O)(O)NC=O. The van der Waals surface area contributed by atoms with Gasteiger partial charge >= 0.3 is 7.75 Å². The summed E-state index contributed by atoms with van der Waals surface area (Å²) < 4.78 is 15.3. The van der Waals surface area contributed by atoms with Crippen molar-refractivity contribution in [1.29, 1.82) is 0 Å². The number of carbonyl (C=O) groups is 1. The highest BCUT2D eigenvalue weighted by molar-refractivity contribution is 7.51. The minimum atomic E-state index is -3.89. The molecular formula is C5H13N2O4P. The van der Waals surface area contributed by atoms with Crippen molar-refractivity contribution in [3.63, 3.8) is 0 Å². The normalized spacial score (nSPS) is 15.7. The van der Waals surface area contributed by atoms with Gasteiger partial charge in [0.1, 0.15) is 0 Å². The van der Waals surface area contributed by atoms with Crippen LogP contribution < -0.4 is 5.09 Å². The van der Waals surface area contributed by atoms with Crippen LogP contribution in [0.4, 0.5) is 0 Å². The van der Waals surface area contributed by atoms with Crippen LogP contribution >= 0.6 is 7.75 Å². The first-order valence-electron chi connectivity index (χ1n) is 3.31. The number of carbonyl (C=O) groups excluding carboxylic acids is 1. The second-order valence-corrected chi connectivity index (χ2v) is 3.96. The number of likely N-dealkylation sites (N-methyl/N-ethyl adjacent to an activating group) is 1. The average Bonchev–Trinajstić information content (AvgIpc) is 1.85. The summed E-state index contributed by atoms with van der Waals surface area (Å²) in [5.74, 6) is 0. The van der Waals surface area contributed by atoms with Crippen LogP contribution in [0, 0.1) is 0 Å². The number of nitrogens with one attached hydrogen (secondary N) is 1. The number of nitrogens with zero attached hydrogens (tertiary/aromatic N) is 1. The minimum absolute atomic E-state index is 0.0988. The zero-order valence-electron chi connectivity index (χ0n) is 7.06. The Morgan fingerprint density at radius 3 is 2.67 bits per heavy atom. The Hall–Kier alpha value is -0.420. The first-order chi connectivity index (χ1) is 5.48. The van der Waals surface area contributed by atoms with E-state index in [0.29, 0.717) is 6.54 Å². The molecule has 1 atom stereocenters. The third kappa shape index (κ3) is 6.30. The molecule has 1 unspecified atom stereocenters. The number of amides is 1. The molecule has 7 heteroatoms. The van der Waals surface area contributed by atoms with Crippen LogP contribution in [0.2, 0.25) is 0 Å². The van der Waals surface area contributed by atoms with Crippen LogP contribution in [-0.2, 0) is 13.9 Å². The van der Waals surface area contributed by atoms with Crippen molar-refractivity contribution in [1.82, 2.24) is 9.99 Å². The monoisotopic (exact) mass is 196 g/mol. The standard InChI is InChI=1S/C5H13N2O4P/c1-7(2)3-4-11-12(9,10)6-5-8/h5H,3-4H2,1-2H3,(H2,6,8,9,10). The Morgan fingerprint density at radius 1 is 1.67 bits per heavy atom. The molecule has 0 saturated heterocycles. The largest absolute Gasteiger partial charge is 0.432 e. The molecule has 0 heterocycles. The van der Waals surface area contributed by atoms with Gasteiger partial charge in [-0.05, 0) is 14.1 Å². The predicted octanol–water partition coefficient (Wildman–Crippen LogP) is -0.589. The summed E-state index contributed by atoms with van der Waals surface area (Å²) in [6.07, 6.45) is 0.135. The van der Waals surface area contributed by atoms with E-state index in [2.05, 4.69) is 4.52 Å². The Labute approximate surface area is 71.1 Å². The quantitative estimate of drug-likeness (QED) is 0.438. The van der Waals surface area contributed by atoms with Gasteiger partial charge in [-0.15, -0.1) is 0 Å². The van der Waals surface area contributed by atoms with Crippen LogP contribution in [0.1, 0.15) is 0 Å². The van der Waals surface area contributed by atoms with Crippen LogP contribution in [0.3, 0.4) is 0 Å². The molecule has 0 aliphatic rings. The Morgan fingerprint density at radius 2 is 2.25 bits per heavy atom. The summed E-state index contributed by atoms with van der Waals surface area (Å²) in [5, 5.41) is 1.69. The fourth-order valence-electron chi connectivity index (χ4n) is 0.451. The lowest BCUT2D eigenvalue weighted by atomic mass is 10.6. The molecule has 0 aliphatic heterocycles. The molecule has 0 rings (SSSR count). The van der Waals surface area contributed by atoms with Gasteiger partial charge in [0.15, 0.2) is 0 Å². The second-order valence-electron chi connectivity index (χ2n) is 2.40. The maximum Gasteiger partial charge on any atom is 0.432 e. The van der Waals surface area contributed by atoms with E-state index in [1.165, 1.54) is 0 Å². The molecule has 0 bridgehead atoms. The van der Waals surface area contributed by atoms with Crippen molar-refractivity contribution < 1.29 is 18.8 Å². The molecule has 2 N–H and O–H groups in total. The summed E-state index contributed by atoms with van der Waals surface area (Å²) >= 11 is 0. The lowest BCUT2D eigenvalue weighted by molar-refractivity contribution is -0.108. The fourth-order valence-corrected chi connectivity index (χ4v) is 0.988. The summed E-state index contributed by atoms with van der Waals surface area (Å²) in [4.78, 5) is 20.4. The Kier molecular flexibility index (Phi) is 5.08. The molecular weight excluding hydrogens is 183 g/mol. The van der Waals surface area contributed by atoms with Gasteiger partial charge in [-0.1, -0.05) is 0 Å². The van der Waals surface area contributed by atoms with Crippen molar-refractivity contribution in [2.75, 3.05) is 27.2 Å². The van der Waals surface area contributed by atoms with Crippen molar-refractivity contribution in [2.24, 2.45) is 0 Å². The zero-order valence-corrected chi connectivity index (χ0v) is 7.95. The van der Waals surface area contributed by atoms with Crippen molar-refractivity contribution >= 4 is 14.2 Å². The van der Waals surface area contributed by atoms with Crippen LogP contribution in [0.25, 0.3) is 0 Å². The number of hydrogen-bond donors (Lipinski definition) is 2. The van der Waals surface area contributed by atoms with Crippen LogP contribution in [0.5, 0.6) is 0 Å². The third-order valence-corrected chi connectivity index (χ3v) is 1.98. The van der Waals surface area contributed by atoms with Crippen molar-refractivity contribution in [3.05, 3.63) is 0 Å². The summed E-state index contributed by atoms with van der Waals surface area (Å²) in [7, 11) is -0.285. The van der Waals surface area contributed by atoms with E-state index >= 15 is 0 Å². The Balaban J connectivity index is 3.61. The molecule has 0 aromatic rings. The van der Waals surface area contributed by atoms with Gasteiger partial charge in [0.25, 0.3) is 0 Å². The first kappa shape index (κ1) is 11.6. The molecule has 6 nitrogen and oxygen atoms in total. The molecule has 72 valence electrons. The van der Waals surface area contributed by atoms with Gasteiger partial charge < -0.3 is 9.79 Å². The molecule has 0 aromatic carbocycles. The molecule has 0 aromatic heterocycles. The topological polar surface area (TPSA) is 78.9 Å². The van der Waals surface area contributed by atoms with E-state index in [-0.39, 0.29) is 13.0 Å². The Bertz CT molecular complexity index is 184. The van der Waals surface area contributed by atoms with Gasteiger partial charge in [-0.3, -0.25) is 14.4 Å². The average molecular weight is 196 g/mol. The van der Waals surface area contributed by atoms with Gasteiger partial charge in [0.2, 0.25) is 6.41 Å². The minimum Gasteiger partial charge on any atom is -0.308 e. The fraction of sp³-hybridized carbons (Fsp3) is 0.800. The number of rotatable bonds is 6. The van der Waals surface area contributed by atoms with Gasteiger partial charge in [0, 0.05) is 6.54 Å². The van der Waals surface area contributed by atoms with E-state index in [4.69, 9.17) is 4.89 Å². The van der Waals surface area contributed by atoms with E-state index in [0.717, 1.165) is 0 Å². The van der Waals surface area contributed by atoms with Gasteiger partial charge in [0.05, 0.1) is 6.61 Å². The maximum atomic E-state index is 10.8. The lowest BCUT2D eigenvalue weighted by Crippen LogP contribution is -2.19. The molecule has 1 amide bonds. The summed E-state index contributed by atoms with van der Waals surface area (Å²) in [6, 6.07) is 0. The van der Waals surface area contributed by atoms with E-state index in [9.17, 15) is 9.36 Å². The predicted molar refractivity (Wildman–Crippen MR) is 43.5 cm³/mol. The summed E-state index contributed by atoms with van der Waals surface area (Å²) in [6.45, 7) is 0.618. The molecule has 0 aliphatic carbocycles. The van der Waals surface area contributed by atoms with E-state index < -0.39 is 7.75 Å². The number of hydrogen-bond acceptors (Lipinski definition) is 4. The van der Waals surface area contributed by atoms with Crippen molar-refractivity contribution in [2.45, 2.75) is 0 Å².